The molecule has 28 heavy (non-hydrogen) atoms. The molecule has 8 heteroatoms. The molecule has 1 aliphatic heterocycles. The average molecular weight is 399 g/mol. The topological polar surface area (TPSA) is 57.0 Å². The number of amides is 1. The standard InChI is InChI=1S/C20H26N6OS/c1-4-16-19(24(3)14-18-21-7-12-28-18)26-13-15(5-6-17(26)22-16)20(27)25-10-8-23(2)9-11-25/h5-7,12-13H,4,8-11,14H2,1-3H3. The molecule has 1 saturated heterocycles. The van der Waals surface area contributed by atoms with Gasteiger partial charge in [0.05, 0.1) is 17.8 Å². The van der Waals surface area contributed by atoms with Crippen LogP contribution in [-0.4, -0.2) is 70.4 Å². The second kappa shape index (κ2) is 7.89. The van der Waals surface area contributed by atoms with E-state index in [1.807, 2.05) is 34.8 Å². The highest BCUT2D eigenvalue weighted by Crippen LogP contribution is 2.25. The van der Waals surface area contributed by atoms with Crippen LogP contribution < -0.4 is 4.90 Å². The molecule has 1 fully saturated rings. The van der Waals surface area contributed by atoms with E-state index in [9.17, 15) is 4.79 Å². The Labute approximate surface area is 169 Å². The molecule has 7 nitrogen and oxygen atoms in total. The molecule has 1 amide bonds. The van der Waals surface area contributed by atoms with Gasteiger partial charge in [-0.1, -0.05) is 6.92 Å². The average Bonchev–Trinajstić information content (AvgIpc) is 3.34. The van der Waals surface area contributed by atoms with E-state index in [1.54, 1.807) is 11.3 Å². The monoisotopic (exact) mass is 398 g/mol. The lowest BCUT2D eigenvalue weighted by atomic mass is 10.2. The Morgan fingerprint density at radius 3 is 2.71 bits per heavy atom. The Bertz CT molecular complexity index is 959. The van der Waals surface area contributed by atoms with E-state index in [0.717, 1.165) is 61.3 Å². The van der Waals surface area contributed by atoms with Crippen LogP contribution in [0.4, 0.5) is 5.82 Å². The first-order valence-corrected chi connectivity index (χ1v) is 10.5. The lowest BCUT2D eigenvalue weighted by Gasteiger charge is -2.32. The summed E-state index contributed by atoms with van der Waals surface area (Å²) in [7, 11) is 4.15. The summed E-state index contributed by atoms with van der Waals surface area (Å²) in [6, 6.07) is 3.84. The smallest absolute Gasteiger partial charge is 0.255 e. The quantitative estimate of drug-likeness (QED) is 0.660. The lowest BCUT2D eigenvalue weighted by Crippen LogP contribution is -2.47. The number of anilines is 1. The van der Waals surface area contributed by atoms with Crippen LogP contribution in [0.1, 0.15) is 28.0 Å². The van der Waals surface area contributed by atoms with Gasteiger partial charge in [0, 0.05) is 51.0 Å². The molecule has 0 aromatic carbocycles. The van der Waals surface area contributed by atoms with Crippen LogP contribution in [-0.2, 0) is 13.0 Å². The molecule has 0 spiro atoms. The zero-order valence-electron chi connectivity index (χ0n) is 16.6. The first kappa shape index (κ1) is 18.9. The second-order valence-electron chi connectivity index (χ2n) is 7.26. The van der Waals surface area contributed by atoms with Crippen molar-refractivity contribution in [2.24, 2.45) is 0 Å². The van der Waals surface area contributed by atoms with E-state index in [-0.39, 0.29) is 5.91 Å². The molecule has 0 aliphatic carbocycles. The number of nitrogens with zero attached hydrogens (tertiary/aromatic N) is 6. The normalized spacial score (nSPS) is 15.3. The summed E-state index contributed by atoms with van der Waals surface area (Å²) < 4.78 is 2.05. The van der Waals surface area contributed by atoms with Gasteiger partial charge in [0.1, 0.15) is 16.5 Å². The van der Waals surface area contributed by atoms with E-state index >= 15 is 0 Å². The predicted octanol–water partition coefficient (Wildman–Crippen LogP) is 2.38. The number of piperazine rings is 1. The minimum absolute atomic E-state index is 0.0928. The van der Waals surface area contributed by atoms with E-state index in [1.165, 1.54) is 0 Å². The molecular weight excluding hydrogens is 372 g/mol. The van der Waals surface area contributed by atoms with Gasteiger partial charge in [-0.2, -0.15) is 0 Å². The van der Waals surface area contributed by atoms with E-state index < -0.39 is 0 Å². The molecule has 3 aromatic heterocycles. The highest BCUT2D eigenvalue weighted by atomic mass is 32.1. The van der Waals surface area contributed by atoms with Crippen molar-refractivity contribution in [1.29, 1.82) is 0 Å². The number of aryl methyl sites for hydroxylation is 1. The third kappa shape index (κ3) is 3.62. The molecule has 0 saturated carbocycles. The fourth-order valence-electron chi connectivity index (χ4n) is 3.65. The van der Waals surface area contributed by atoms with Crippen molar-refractivity contribution < 1.29 is 4.79 Å². The van der Waals surface area contributed by atoms with Crippen LogP contribution >= 0.6 is 11.3 Å². The maximum absolute atomic E-state index is 13.0. The highest BCUT2D eigenvalue weighted by molar-refractivity contribution is 7.09. The van der Waals surface area contributed by atoms with Gasteiger partial charge in [-0.05, 0) is 25.6 Å². The van der Waals surface area contributed by atoms with Gasteiger partial charge in [0.25, 0.3) is 5.91 Å². The second-order valence-corrected chi connectivity index (χ2v) is 8.24. The van der Waals surface area contributed by atoms with Crippen molar-refractivity contribution in [2.75, 3.05) is 45.2 Å². The van der Waals surface area contributed by atoms with Crippen molar-refractivity contribution in [3.63, 3.8) is 0 Å². The Kier molecular flexibility index (Phi) is 5.32. The van der Waals surface area contributed by atoms with Gasteiger partial charge >= 0.3 is 0 Å². The van der Waals surface area contributed by atoms with E-state index in [0.29, 0.717) is 5.56 Å². The Morgan fingerprint density at radius 1 is 1.25 bits per heavy atom. The van der Waals surface area contributed by atoms with Crippen molar-refractivity contribution in [3.8, 4) is 0 Å². The molecule has 4 heterocycles. The summed E-state index contributed by atoms with van der Waals surface area (Å²) >= 11 is 1.65. The van der Waals surface area contributed by atoms with Gasteiger partial charge in [-0.25, -0.2) is 9.97 Å². The summed E-state index contributed by atoms with van der Waals surface area (Å²) in [6.45, 7) is 6.21. The highest BCUT2D eigenvalue weighted by Gasteiger charge is 2.22. The van der Waals surface area contributed by atoms with E-state index in [2.05, 4.69) is 40.2 Å². The summed E-state index contributed by atoms with van der Waals surface area (Å²) in [5.74, 6) is 1.12. The van der Waals surface area contributed by atoms with Crippen molar-refractivity contribution in [2.45, 2.75) is 19.9 Å². The van der Waals surface area contributed by atoms with Crippen molar-refractivity contribution >= 4 is 28.7 Å². The SMILES string of the molecule is CCc1nc2ccc(C(=O)N3CCN(C)CC3)cn2c1N(C)Cc1nccs1. The number of imidazole rings is 1. The minimum atomic E-state index is 0.0928. The fourth-order valence-corrected chi connectivity index (χ4v) is 4.32. The molecule has 4 rings (SSSR count). The van der Waals surface area contributed by atoms with Crippen molar-refractivity contribution in [1.82, 2.24) is 24.2 Å². The number of carbonyl (C=O) groups is 1. The molecule has 0 unspecified atom stereocenters. The largest absolute Gasteiger partial charge is 0.352 e. The fraction of sp³-hybridized carbons (Fsp3) is 0.450. The summed E-state index contributed by atoms with van der Waals surface area (Å²) in [5.41, 5.74) is 2.61. The van der Waals surface area contributed by atoms with Crippen LogP contribution in [0.3, 0.4) is 0 Å². The minimum Gasteiger partial charge on any atom is -0.352 e. The predicted molar refractivity (Wildman–Crippen MR) is 112 cm³/mol. The molecule has 1 aliphatic rings. The van der Waals surface area contributed by atoms with Gasteiger partial charge in [-0.3, -0.25) is 9.20 Å². The number of hydrogen-bond donors (Lipinski definition) is 0. The Hall–Kier alpha value is -2.45. The number of hydrogen-bond acceptors (Lipinski definition) is 6. The zero-order valence-corrected chi connectivity index (χ0v) is 17.4. The first-order chi connectivity index (χ1) is 13.6. The Balaban J connectivity index is 1.67. The maximum atomic E-state index is 13.0. The molecule has 0 radical (unpaired) electrons. The summed E-state index contributed by atoms with van der Waals surface area (Å²) in [5, 5.41) is 3.05. The van der Waals surface area contributed by atoms with Gasteiger partial charge in [-0.15, -0.1) is 11.3 Å². The first-order valence-electron chi connectivity index (χ1n) is 9.65. The van der Waals surface area contributed by atoms with E-state index in [4.69, 9.17) is 4.98 Å². The number of fused-ring (bicyclic) bond motifs is 1. The van der Waals surface area contributed by atoms with Crippen LogP contribution in [0.5, 0.6) is 0 Å². The van der Waals surface area contributed by atoms with Crippen LogP contribution in [0.2, 0.25) is 0 Å². The number of thiazole rings is 1. The molecule has 0 N–H and O–H groups in total. The summed E-state index contributed by atoms with van der Waals surface area (Å²) in [6.07, 6.45) is 4.60. The number of likely N-dealkylation sites (N-methyl/N-ethyl adjacent to an activating group) is 1. The van der Waals surface area contributed by atoms with Gasteiger partial charge in [0.2, 0.25) is 0 Å². The molecule has 0 atom stereocenters. The third-order valence-electron chi connectivity index (χ3n) is 5.25. The number of carbonyl (C=O) groups excluding carboxylic acids is 1. The van der Waals surface area contributed by atoms with Crippen molar-refractivity contribution in [3.05, 3.63) is 46.2 Å². The molecule has 148 valence electrons. The van der Waals surface area contributed by atoms with Crippen LogP contribution in [0, 0.1) is 0 Å². The lowest BCUT2D eigenvalue weighted by molar-refractivity contribution is 0.0663. The maximum Gasteiger partial charge on any atom is 0.255 e. The zero-order chi connectivity index (χ0) is 19.7. The number of aromatic nitrogens is 3. The third-order valence-corrected chi connectivity index (χ3v) is 6.02. The molecular formula is C20H26N6OS. The van der Waals surface area contributed by atoms with Crippen LogP contribution in [0.25, 0.3) is 5.65 Å². The van der Waals surface area contributed by atoms with Gasteiger partial charge in [0.15, 0.2) is 0 Å². The number of rotatable bonds is 5. The van der Waals surface area contributed by atoms with Gasteiger partial charge < -0.3 is 14.7 Å². The molecule has 0 bridgehead atoms. The summed E-state index contributed by atoms with van der Waals surface area (Å²) in [4.78, 5) is 28.6. The Morgan fingerprint density at radius 2 is 2.04 bits per heavy atom. The van der Waals surface area contributed by atoms with Crippen LogP contribution in [0.15, 0.2) is 29.9 Å². The number of pyridine rings is 1. The molecule has 3 aromatic rings.